The molecule has 1 aliphatic carbocycles. The maximum Gasteiger partial charge on any atom is 0.311 e. The SMILES string of the molecule is Cc1ccc(C)c(NC(=O)COC(=O)[C@H]2CC(=O)N(C3CCCCC3)C2)c1. The van der Waals surface area contributed by atoms with E-state index in [1.165, 1.54) is 6.42 Å². The lowest BCUT2D eigenvalue weighted by atomic mass is 9.94. The van der Waals surface area contributed by atoms with Crippen molar-refractivity contribution in [2.45, 2.75) is 58.4 Å². The van der Waals surface area contributed by atoms with Crippen LogP contribution in [0.1, 0.15) is 49.7 Å². The van der Waals surface area contributed by atoms with Crippen LogP contribution in [-0.2, 0) is 19.1 Å². The van der Waals surface area contributed by atoms with Crippen LogP contribution in [0.15, 0.2) is 18.2 Å². The topological polar surface area (TPSA) is 75.7 Å². The number of nitrogens with one attached hydrogen (secondary N) is 1. The van der Waals surface area contributed by atoms with Gasteiger partial charge in [-0.25, -0.2) is 0 Å². The minimum absolute atomic E-state index is 0.0312. The highest BCUT2D eigenvalue weighted by molar-refractivity contribution is 5.94. The normalized spacial score (nSPS) is 20.6. The van der Waals surface area contributed by atoms with Crippen LogP contribution in [0.25, 0.3) is 0 Å². The average molecular weight is 372 g/mol. The third kappa shape index (κ3) is 4.87. The van der Waals surface area contributed by atoms with Gasteiger partial charge in [-0.15, -0.1) is 0 Å². The number of carbonyl (C=O) groups is 3. The van der Waals surface area contributed by atoms with Gasteiger partial charge in [0, 0.05) is 24.7 Å². The zero-order chi connectivity index (χ0) is 19.4. The number of ether oxygens (including phenoxy) is 1. The van der Waals surface area contributed by atoms with Gasteiger partial charge in [-0.1, -0.05) is 31.4 Å². The lowest BCUT2D eigenvalue weighted by Crippen LogP contribution is -2.38. The van der Waals surface area contributed by atoms with Gasteiger partial charge >= 0.3 is 5.97 Å². The average Bonchev–Trinajstić information content (AvgIpc) is 3.05. The summed E-state index contributed by atoms with van der Waals surface area (Å²) in [7, 11) is 0. The van der Waals surface area contributed by atoms with Crippen LogP contribution in [0.3, 0.4) is 0 Å². The highest BCUT2D eigenvalue weighted by Crippen LogP contribution is 2.29. The summed E-state index contributed by atoms with van der Waals surface area (Å²) in [5, 5.41) is 2.77. The molecule has 146 valence electrons. The van der Waals surface area contributed by atoms with Crippen molar-refractivity contribution in [1.29, 1.82) is 0 Å². The Hall–Kier alpha value is -2.37. The summed E-state index contributed by atoms with van der Waals surface area (Å²) >= 11 is 0. The molecule has 1 aromatic rings. The molecule has 0 aromatic heterocycles. The first kappa shape index (κ1) is 19.4. The molecule has 1 atom stereocenters. The number of amides is 2. The number of esters is 1. The van der Waals surface area contributed by atoms with E-state index < -0.39 is 11.9 Å². The largest absolute Gasteiger partial charge is 0.455 e. The van der Waals surface area contributed by atoms with Crippen molar-refractivity contribution in [2.75, 3.05) is 18.5 Å². The smallest absolute Gasteiger partial charge is 0.311 e. The summed E-state index contributed by atoms with van der Waals surface area (Å²) in [6.07, 6.45) is 5.73. The first-order valence-electron chi connectivity index (χ1n) is 9.77. The van der Waals surface area contributed by atoms with Crippen molar-refractivity contribution in [1.82, 2.24) is 4.90 Å². The summed E-state index contributed by atoms with van der Waals surface area (Å²) in [6, 6.07) is 6.05. The molecule has 1 N–H and O–H groups in total. The Labute approximate surface area is 160 Å². The predicted octanol–water partition coefficient (Wildman–Crippen LogP) is 2.97. The zero-order valence-electron chi connectivity index (χ0n) is 16.1. The van der Waals surface area contributed by atoms with Crippen LogP contribution in [0.4, 0.5) is 5.69 Å². The fraction of sp³-hybridized carbons (Fsp3) is 0.571. The number of nitrogens with zero attached hydrogens (tertiary/aromatic N) is 1. The van der Waals surface area contributed by atoms with Crippen LogP contribution >= 0.6 is 0 Å². The number of hydrogen-bond donors (Lipinski definition) is 1. The third-order valence-corrected chi connectivity index (χ3v) is 5.52. The van der Waals surface area contributed by atoms with Crippen molar-refractivity contribution < 1.29 is 19.1 Å². The Balaban J connectivity index is 1.48. The van der Waals surface area contributed by atoms with Crippen molar-refractivity contribution in [3.63, 3.8) is 0 Å². The van der Waals surface area contributed by atoms with E-state index in [-0.39, 0.29) is 30.9 Å². The van der Waals surface area contributed by atoms with E-state index in [0.29, 0.717) is 6.54 Å². The standard InChI is InChI=1S/C21H28N2O4/c1-14-8-9-15(2)18(10-14)22-19(24)13-27-21(26)16-11-20(25)23(12-16)17-6-4-3-5-7-17/h8-10,16-17H,3-7,11-13H2,1-2H3,(H,22,24)/t16-/m0/s1. The van der Waals surface area contributed by atoms with Crippen molar-refractivity contribution in [2.24, 2.45) is 5.92 Å². The second-order valence-electron chi connectivity index (χ2n) is 7.71. The van der Waals surface area contributed by atoms with E-state index in [2.05, 4.69) is 5.32 Å². The lowest BCUT2D eigenvalue weighted by molar-refractivity contribution is -0.151. The van der Waals surface area contributed by atoms with E-state index in [1.54, 1.807) is 0 Å². The molecule has 0 unspecified atom stereocenters. The van der Waals surface area contributed by atoms with Crippen LogP contribution in [0.5, 0.6) is 0 Å². The zero-order valence-corrected chi connectivity index (χ0v) is 16.1. The molecule has 0 radical (unpaired) electrons. The molecule has 1 saturated heterocycles. The molecule has 3 rings (SSSR count). The van der Waals surface area contributed by atoms with Gasteiger partial charge in [0.15, 0.2) is 6.61 Å². The third-order valence-electron chi connectivity index (χ3n) is 5.52. The molecule has 2 aliphatic rings. The number of benzene rings is 1. The molecule has 6 heteroatoms. The molecule has 2 fully saturated rings. The Morgan fingerprint density at radius 2 is 1.93 bits per heavy atom. The van der Waals surface area contributed by atoms with Gasteiger partial charge in [0.2, 0.25) is 5.91 Å². The fourth-order valence-electron chi connectivity index (χ4n) is 3.95. The molecular formula is C21H28N2O4. The molecular weight excluding hydrogens is 344 g/mol. The second kappa shape index (κ2) is 8.55. The van der Waals surface area contributed by atoms with Crippen molar-refractivity contribution >= 4 is 23.5 Å². The highest BCUT2D eigenvalue weighted by Gasteiger charge is 2.39. The van der Waals surface area contributed by atoms with Gasteiger partial charge in [-0.05, 0) is 43.9 Å². The minimum atomic E-state index is -0.465. The fourth-order valence-corrected chi connectivity index (χ4v) is 3.95. The minimum Gasteiger partial charge on any atom is -0.455 e. The number of carbonyl (C=O) groups excluding carboxylic acids is 3. The van der Waals surface area contributed by atoms with Gasteiger partial charge in [0.05, 0.1) is 5.92 Å². The predicted molar refractivity (Wildman–Crippen MR) is 102 cm³/mol. The Morgan fingerprint density at radius 3 is 2.67 bits per heavy atom. The van der Waals surface area contributed by atoms with Crippen LogP contribution in [-0.4, -0.2) is 41.9 Å². The molecule has 2 amide bonds. The molecule has 1 heterocycles. The van der Waals surface area contributed by atoms with Gasteiger partial charge in [0.1, 0.15) is 0 Å². The molecule has 0 bridgehead atoms. The maximum atomic E-state index is 12.3. The summed E-state index contributed by atoms with van der Waals surface area (Å²) in [6.45, 7) is 3.94. The quantitative estimate of drug-likeness (QED) is 0.806. The summed E-state index contributed by atoms with van der Waals surface area (Å²) < 4.78 is 5.18. The number of hydrogen-bond acceptors (Lipinski definition) is 4. The Kier molecular flexibility index (Phi) is 6.14. The first-order chi connectivity index (χ1) is 12.9. The van der Waals surface area contributed by atoms with Gasteiger partial charge in [-0.2, -0.15) is 0 Å². The van der Waals surface area contributed by atoms with Gasteiger partial charge in [0.25, 0.3) is 5.91 Å². The van der Waals surface area contributed by atoms with E-state index in [0.717, 1.165) is 42.5 Å². The molecule has 1 saturated carbocycles. The number of likely N-dealkylation sites (tertiary alicyclic amines) is 1. The summed E-state index contributed by atoms with van der Waals surface area (Å²) in [4.78, 5) is 38.5. The molecule has 27 heavy (non-hydrogen) atoms. The van der Waals surface area contributed by atoms with E-state index in [9.17, 15) is 14.4 Å². The van der Waals surface area contributed by atoms with Gasteiger partial charge < -0.3 is 15.0 Å². The van der Waals surface area contributed by atoms with Crippen LogP contribution < -0.4 is 5.32 Å². The van der Waals surface area contributed by atoms with E-state index >= 15 is 0 Å². The van der Waals surface area contributed by atoms with E-state index in [1.807, 2.05) is 36.9 Å². The second-order valence-corrected chi connectivity index (χ2v) is 7.71. The highest BCUT2D eigenvalue weighted by atomic mass is 16.5. The van der Waals surface area contributed by atoms with Crippen molar-refractivity contribution in [3.05, 3.63) is 29.3 Å². The Morgan fingerprint density at radius 1 is 1.19 bits per heavy atom. The molecule has 6 nitrogen and oxygen atoms in total. The maximum absolute atomic E-state index is 12.3. The first-order valence-corrected chi connectivity index (χ1v) is 9.77. The molecule has 1 aromatic carbocycles. The lowest BCUT2D eigenvalue weighted by Gasteiger charge is -2.31. The van der Waals surface area contributed by atoms with Crippen molar-refractivity contribution in [3.8, 4) is 0 Å². The van der Waals surface area contributed by atoms with Gasteiger partial charge in [-0.3, -0.25) is 14.4 Å². The van der Waals surface area contributed by atoms with Crippen LogP contribution in [0.2, 0.25) is 0 Å². The molecule has 0 spiro atoms. The number of anilines is 1. The monoisotopic (exact) mass is 372 g/mol. The number of aryl methyl sites for hydroxylation is 2. The molecule has 1 aliphatic heterocycles. The Bertz CT molecular complexity index is 725. The van der Waals surface area contributed by atoms with E-state index in [4.69, 9.17) is 4.74 Å². The summed E-state index contributed by atoms with van der Waals surface area (Å²) in [5.41, 5.74) is 2.71. The van der Waals surface area contributed by atoms with Crippen LogP contribution in [0, 0.1) is 19.8 Å². The number of rotatable bonds is 5. The summed E-state index contributed by atoms with van der Waals surface area (Å²) in [5.74, 6) is -1.26.